The molecule has 0 amide bonds. The van der Waals surface area contributed by atoms with Crippen LogP contribution in [0.5, 0.6) is 0 Å². The first-order valence-electron chi connectivity index (χ1n) is 6.57. The van der Waals surface area contributed by atoms with Crippen LogP contribution in [0.2, 0.25) is 0 Å². The maximum absolute atomic E-state index is 12.1. The Bertz CT molecular complexity index is 617. The maximum atomic E-state index is 12.1. The van der Waals surface area contributed by atoms with E-state index in [1.807, 2.05) is 24.3 Å². The third kappa shape index (κ3) is 3.05. The zero-order chi connectivity index (χ0) is 14.5. The van der Waals surface area contributed by atoms with Crippen LogP contribution in [-0.4, -0.2) is 34.6 Å². The lowest BCUT2D eigenvalue weighted by Gasteiger charge is -2.08. The van der Waals surface area contributed by atoms with E-state index in [0.717, 1.165) is 10.9 Å². The first kappa shape index (κ1) is 14.3. The molecule has 106 valence electrons. The summed E-state index contributed by atoms with van der Waals surface area (Å²) in [5, 5.41) is 10.4. The van der Waals surface area contributed by atoms with Crippen molar-refractivity contribution in [2.24, 2.45) is 0 Å². The van der Waals surface area contributed by atoms with Crippen molar-refractivity contribution in [1.29, 1.82) is 0 Å². The van der Waals surface area contributed by atoms with Gasteiger partial charge in [-0.25, -0.2) is 4.79 Å². The van der Waals surface area contributed by atoms with Crippen molar-refractivity contribution in [1.82, 2.24) is 4.98 Å². The highest BCUT2D eigenvalue weighted by molar-refractivity contribution is 6.07. The molecule has 1 aromatic heterocycles. The van der Waals surface area contributed by atoms with Crippen molar-refractivity contribution in [2.75, 3.05) is 6.61 Å². The van der Waals surface area contributed by atoms with Crippen molar-refractivity contribution in [3.63, 3.8) is 0 Å². The van der Waals surface area contributed by atoms with Crippen molar-refractivity contribution in [3.05, 3.63) is 36.0 Å². The number of aromatic amines is 1. The molecule has 0 bridgehead atoms. The van der Waals surface area contributed by atoms with Gasteiger partial charge >= 0.3 is 5.97 Å². The van der Waals surface area contributed by atoms with Gasteiger partial charge in [-0.2, -0.15) is 0 Å². The number of hydrogen-bond acceptors (Lipinski definition) is 4. The molecule has 2 aromatic rings. The molecule has 1 aromatic carbocycles. The summed E-state index contributed by atoms with van der Waals surface area (Å²) < 4.78 is 4.69. The predicted molar refractivity (Wildman–Crippen MR) is 74.5 cm³/mol. The Kier molecular flexibility index (Phi) is 4.53. The number of hydrogen-bond donors (Lipinski definition) is 2. The van der Waals surface area contributed by atoms with Crippen molar-refractivity contribution in [2.45, 2.75) is 25.9 Å². The van der Waals surface area contributed by atoms with E-state index in [-0.39, 0.29) is 25.2 Å². The Morgan fingerprint density at radius 2 is 2.10 bits per heavy atom. The lowest BCUT2D eigenvalue weighted by atomic mass is 10.0. The largest absolute Gasteiger partial charge is 0.464 e. The standard InChI is InChI=1S/C15H17NO4/c1-2-20-15(19)14(18)8-7-13(17)11-9-16-12-6-4-3-5-10(11)12/h3-6,9,14,16,18H,2,7-8H2,1H3. The third-order valence-electron chi connectivity index (χ3n) is 3.09. The van der Waals surface area contributed by atoms with Crippen LogP contribution in [0.25, 0.3) is 10.9 Å². The van der Waals surface area contributed by atoms with Crippen LogP contribution >= 0.6 is 0 Å². The number of esters is 1. The van der Waals surface area contributed by atoms with Gasteiger partial charge < -0.3 is 14.8 Å². The number of carbonyl (C=O) groups excluding carboxylic acids is 2. The third-order valence-corrected chi connectivity index (χ3v) is 3.09. The van der Waals surface area contributed by atoms with Gasteiger partial charge in [0.2, 0.25) is 0 Å². The van der Waals surface area contributed by atoms with Crippen LogP contribution in [0.4, 0.5) is 0 Å². The molecule has 2 N–H and O–H groups in total. The second-order valence-electron chi connectivity index (χ2n) is 4.48. The monoisotopic (exact) mass is 275 g/mol. The predicted octanol–water partition coefficient (Wildman–Crippen LogP) is 2.05. The van der Waals surface area contributed by atoms with Crippen molar-refractivity contribution in [3.8, 4) is 0 Å². The molecular formula is C15H17NO4. The van der Waals surface area contributed by atoms with Gasteiger partial charge in [-0.05, 0) is 19.4 Å². The molecule has 0 spiro atoms. The molecule has 1 unspecified atom stereocenters. The Labute approximate surface area is 116 Å². The summed E-state index contributed by atoms with van der Waals surface area (Å²) >= 11 is 0. The number of H-pyrrole nitrogens is 1. The smallest absolute Gasteiger partial charge is 0.334 e. The summed E-state index contributed by atoms with van der Waals surface area (Å²) in [7, 11) is 0. The number of aromatic nitrogens is 1. The molecule has 0 saturated carbocycles. The molecule has 1 atom stereocenters. The summed E-state index contributed by atoms with van der Waals surface area (Å²) in [4.78, 5) is 26.4. The number of para-hydroxylation sites is 1. The van der Waals surface area contributed by atoms with Crippen LogP contribution < -0.4 is 0 Å². The summed E-state index contributed by atoms with van der Waals surface area (Å²) in [5.74, 6) is -0.787. The zero-order valence-corrected chi connectivity index (χ0v) is 11.3. The average molecular weight is 275 g/mol. The zero-order valence-electron chi connectivity index (χ0n) is 11.3. The molecule has 0 fully saturated rings. The van der Waals surface area contributed by atoms with Crippen LogP contribution in [0.3, 0.4) is 0 Å². The minimum atomic E-state index is -1.25. The van der Waals surface area contributed by atoms with E-state index in [1.165, 1.54) is 0 Å². The summed E-state index contributed by atoms with van der Waals surface area (Å²) in [6.45, 7) is 1.88. The molecule has 5 nitrogen and oxygen atoms in total. The summed E-state index contributed by atoms with van der Waals surface area (Å²) in [6.07, 6.45) is 0.576. The fraction of sp³-hybridized carbons (Fsp3) is 0.333. The second kappa shape index (κ2) is 6.34. The number of aliphatic hydroxyl groups is 1. The Morgan fingerprint density at radius 3 is 2.85 bits per heavy atom. The van der Waals surface area contributed by atoms with E-state index in [4.69, 9.17) is 4.74 Å². The fourth-order valence-electron chi connectivity index (χ4n) is 2.06. The Hall–Kier alpha value is -2.14. The minimum absolute atomic E-state index is 0.0666. The molecule has 5 heteroatoms. The first-order chi connectivity index (χ1) is 9.63. The van der Waals surface area contributed by atoms with E-state index in [1.54, 1.807) is 13.1 Å². The molecule has 20 heavy (non-hydrogen) atoms. The molecule has 1 heterocycles. The lowest BCUT2D eigenvalue weighted by Crippen LogP contribution is -2.23. The lowest BCUT2D eigenvalue weighted by molar-refractivity contribution is -0.153. The van der Waals surface area contributed by atoms with Crippen LogP contribution in [0.15, 0.2) is 30.5 Å². The highest BCUT2D eigenvalue weighted by atomic mass is 16.5. The number of benzene rings is 1. The van der Waals surface area contributed by atoms with Gasteiger partial charge in [0.25, 0.3) is 0 Å². The van der Waals surface area contributed by atoms with Crippen LogP contribution in [0, 0.1) is 0 Å². The normalized spacial score (nSPS) is 12.3. The van der Waals surface area contributed by atoms with E-state index >= 15 is 0 Å². The topological polar surface area (TPSA) is 79.4 Å². The van der Waals surface area contributed by atoms with Gasteiger partial charge in [-0.1, -0.05) is 18.2 Å². The number of ether oxygens (including phenoxy) is 1. The van der Waals surface area contributed by atoms with Gasteiger partial charge in [0, 0.05) is 29.1 Å². The molecule has 2 rings (SSSR count). The van der Waals surface area contributed by atoms with E-state index < -0.39 is 12.1 Å². The number of carbonyl (C=O) groups is 2. The molecule has 0 saturated heterocycles. The molecule has 0 aliphatic heterocycles. The van der Waals surface area contributed by atoms with Gasteiger partial charge in [0.15, 0.2) is 11.9 Å². The SMILES string of the molecule is CCOC(=O)C(O)CCC(=O)c1c[nH]c2ccccc12. The van der Waals surface area contributed by atoms with Crippen LogP contribution in [-0.2, 0) is 9.53 Å². The number of ketones is 1. The van der Waals surface area contributed by atoms with Gasteiger partial charge in [-0.3, -0.25) is 4.79 Å². The number of Topliss-reactive ketones (excluding diaryl/α,β-unsaturated/α-hetero) is 1. The van der Waals surface area contributed by atoms with Crippen molar-refractivity contribution < 1.29 is 19.4 Å². The van der Waals surface area contributed by atoms with Crippen LogP contribution in [0.1, 0.15) is 30.1 Å². The Morgan fingerprint density at radius 1 is 1.35 bits per heavy atom. The van der Waals surface area contributed by atoms with E-state index in [0.29, 0.717) is 5.56 Å². The molecular weight excluding hydrogens is 258 g/mol. The number of aliphatic hydroxyl groups excluding tert-OH is 1. The van der Waals surface area contributed by atoms with E-state index in [9.17, 15) is 14.7 Å². The molecule has 0 aliphatic rings. The molecule has 0 radical (unpaired) electrons. The average Bonchev–Trinajstić information content (AvgIpc) is 2.88. The number of rotatable bonds is 6. The second-order valence-corrected chi connectivity index (χ2v) is 4.48. The minimum Gasteiger partial charge on any atom is -0.464 e. The number of nitrogens with one attached hydrogen (secondary N) is 1. The highest BCUT2D eigenvalue weighted by Crippen LogP contribution is 2.20. The van der Waals surface area contributed by atoms with Gasteiger partial charge in [0.1, 0.15) is 0 Å². The quantitative estimate of drug-likeness (QED) is 0.624. The summed E-state index contributed by atoms with van der Waals surface area (Å²) in [6, 6.07) is 7.50. The number of fused-ring (bicyclic) bond motifs is 1. The van der Waals surface area contributed by atoms with Gasteiger partial charge in [-0.15, -0.1) is 0 Å². The molecule has 0 aliphatic carbocycles. The van der Waals surface area contributed by atoms with Gasteiger partial charge in [0.05, 0.1) is 6.61 Å². The maximum Gasteiger partial charge on any atom is 0.334 e. The fourth-order valence-corrected chi connectivity index (χ4v) is 2.06. The highest BCUT2D eigenvalue weighted by Gasteiger charge is 2.19. The Balaban J connectivity index is 2.00. The van der Waals surface area contributed by atoms with E-state index in [2.05, 4.69) is 4.98 Å². The summed E-state index contributed by atoms with van der Waals surface area (Å²) in [5.41, 5.74) is 1.47. The first-order valence-corrected chi connectivity index (χ1v) is 6.57. The van der Waals surface area contributed by atoms with Crippen molar-refractivity contribution >= 4 is 22.7 Å².